The summed E-state index contributed by atoms with van der Waals surface area (Å²) in [6.45, 7) is 7.08. The van der Waals surface area contributed by atoms with E-state index in [0.717, 1.165) is 25.1 Å². The molecule has 5 heteroatoms. The van der Waals surface area contributed by atoms with E-state index in [-0.39, 0.29) is 11.8 Å². The summed E-state index contributed by atoms with van der Waals surface area (Å²) in [6.07, 6.45) is 1.03. The zero-order valence-corrected chi connectivity index (χ0v) is 13.4. The number of carbonyl (C=O) groups excluding carboxylic acids is 2. The molecular weight excluding hydrogens is 278 g/mol. The van der Waals surface area contributed by atoms with Crippen LogP contribution in [0.2, 0.25) is 0 Å². The molecular formula is C17H25N3O2. The summed E-state index contributed by atoms with van der Waals surface area (Å²) >= 11 is 0. The lowest BCUT2D eigenvalue weighted by molar-refractivity contribution is -0.122. The number of nitrogens with one attached hydrogen (secondary N) is 2. The minimum Gasteiger partial charge on any atom is -0.356 e. The summed E-state index contributed by atoms with van der Waals surface area (Å²) in [5.74, 6) is 0.518. The van der Waals surface area contributed by atoms with E-state index in [9.17, 15) is 9.59 Å². The van der Waals surface area contributed by atoms with Crippen LogP contribution < -0.4 is 10.6 Å². The first-order chi connectivity index (χ1) is 10.5. The van der Waals surface area contributed by atoms with E-state index in [1.165, 1.54) is 12.5 Å². The average Bonchev–Trinajstić information content (AvgIpc) is 2.90. The lowest BCUT2D eigenvalue weighted by Crippen LogP contribution is -2.36. The van der Waals surface area contributed by atoms with Crippen LogP contribution in [0, 0.1) is 12.8 Å². The first-order valence-corrected chi connectivity index (χ1v) is 7.82. The van der Waals surface area contributed by atoms with Crippen LogP contribution in [0.5, 0.6) is 0 Å². The molecule has 0 spiro atoms. The van der Waals surface area contributed by atoms with Crippen LogP contribution in [0.15, 0.2) is 24.3 Å². The molecule has 1 saturated heterocycles. The molecule has 1 aromatic carbocycles. The average molecular weight is 303 g/mol. The van der Waals surface area contributed by atoms with Crippen molar-refractivity contribution in [1.82, 2.24) is 15.5 Å². The maximum atomic E-state index is 12.0. The summed E-state index contributed by atoms with van der Waals surface area (Å²) in [5, 5.41) is 5.81. The second-order valence-corrected chi connectivity index (χ2v) is 6.09. The topological polar surface area (TPSA) is 61.4 Å². The number of rotatable bonds is 6. The van der Waals surface area contributed by atoms with Gasteiger partial charge >= 0.3 is 0 Å². The molecule has 22 heavy (non-hydrogen) atoms. The van der Waals surface area contributed by atoms with Gasteiger partial charge in [0.05, 0.1) is 6.54 Å². The van der Waals surface area contributed by atoms with Gasteiger partial charge in [0.15, 0.2) is 0 Å². The van der Waals surface area contributed by atoms with Crippen LogP contribution in [0.1, 0.15) is 24.5 Å². The maximum absolute atomic E-state index is 12.0. The molecule has 1 aromatic rings. The van der Waals surface area contributed by atoms with Crippen LogP contribution in [0.3, 0.4) is 0 Å². The molecule has 120 valence electrons. The van der Waals surface area contributed by atoms with Crippen molar-refractivity contribution >= 4 is 11.8 Å². The molecule has 0 saturated carbocycles. The number of aryl methyl sites for hydroxylation is 1. The third kappa shape index (κ3) is 5.48. The summed E-state index contributed by atoms with van der Waals surface area (Å²) in [7, 11) is 0. The third-order valence-corrected chi connectivity index (χ3v) is 3.95. The summed E-state index contributed by atoms with van der Waals surface area (Å²) in [6, 6.07) is 8.15. The Morgan fingerprint density at radius 3 is 2.86 bits per heavy atom. The van der Waals surface area contributed by atoms with Gasteiger partial charge in [-0.05, 0) is 31.4 Å². The highest BCUT2D eigenvalue weighted by atomic mass is 16.2. The molecule has 1 aliphatic rings. The standard InChI is InChI=1S/C17H25N3O2/c1-13-4-3-5-15(8-13)9-19-17(22)12-20-7-6-16(11-20)10-18-14(2)21/h3-5,8,16H,6-7,9-12H2,1-2H3,(H,18,21)(H,19,22)/t16-/m0/s1. The molecule has 0 unspecified atom stereocenters. The van der Waals surface area contributed by atoms with E-state index in [4.69, 9.17) is 0 Å². The molecule has 0 radical (unpaired) electrons. The van der Waals surface area contributed by atoms with Crippen molar-refractivity contribution in [2.24, 2.45) is 5.92 Å². The fourth-order valence-corrected chi connectivity index (χ4v) is 2.79. The highest BCUT2D eigenvalue weighted by molar-refractivity contribution is 5.78. The van der Waals surface area contributed by atoms with Crippen molar-refractivity contribution in [3.63, 3.8) is 0 Å². The molecule has 0 aromatic heterocycles. The Morgan fingerprint density at radius 2 is 2.14 bits per heavy atom. The molecule has 0 bridgehead atoms. The number of carbonyl (C=O) groups is 2. The number of hydrogen-bond donors (Lipinski definition) is 2. The fourth-order valence-electron chi connectivity index (χ4n) is 2.79. The molecule has 2 amide bonds. The number of hydrogen-bond acceptors (Lipinski definition) is 3. The van der Waals surface area contributed by atoms with Gasteiger partial charge in [-0.2, -0.15) is 0 Å². The van der Waals surface area contributed by atoms with Gasteiger partial charge in [0, 0.05) is 26.6 Å². The zero-order chi connectivity index (χ0) is 15.9. The minimum absolute atomic E-state index is 0.00866. The van der Waals surface area contributed by atoms with Crippen molar-refractivity contribution in [2.45, 2.75) is 26.8 Å². The summed E-state index contributed by atoms with van der Waals surface area (Å²) < 4.78 is 0. The molecule has 0 aliphatic carbocycles. The Bertz CT molecular complexity index is 530. The van der Waals surface area contributed by atoms with E-state index >= 15 is 0 Å². The van der Waals surface area contributed by atoms with Crippen molar-refractivity contribution in [3.8, 4) is 0 Å². The normalized spacial score (nSPS) is 18.2. The Balaban J connectivity index is 1.68. The fraction of sp³-hybridized carbons (Fsp3) is 0.529. The van der Waals surface area contributed by atoms with Crippen LogP contribution in [-0.4, -0.2) is 42.9 Å². The van der Waals surface area contributed by atoms with E-state index in [1.807, 2.05) is 25.1 Å². The monoisotopic (exact) mass is 303 g/mol. The van der Waals surface area contributed by atoms with Gasteiger partial charge in [0.1, 0.15) is 0 Å². The highest BCUT2D eigenvalue weighted by Crippen LogP contribution is 2.14. The van der Waals surface area contributed by atoms with E-state index < -0.39 is 0 Å². The Hall–Kier alpha value is -1.88. The zero-order valence-electron chi connectivity index (χ0n) is 13.4. The van der Waals surface area contributed by atoms with Gasteiger partial charge in [-0.25, -0.2) is 0 Å². The number of benzene rings is 1. The predicted molar refractivity (Wildman–Crippen MR) is 86.3 cm³/mol. The second kappa shape index (κ2) is 7.94. The summed E-state index contributed by atoms with van der Waals surface area (Å²) in [4.78, 5) is 25.1. The first-order valence-electron chi connectivity index (χ1n) is 7.82. The SMILES string of the molecule is CC(=O)NC[C@@H]1CCN(CC(=O)NCc2cccc(C)c2)C1. The molecule has 1 aliphatic heterocycles. The second-order valence-electron chi connectivity index (χ2n) is 6.09. The van der Waals surface area contributed by atoms with Gasteiger partial charge in [-0.15, -0.1) is 0 Å². The maximum Gasteiger partial charge on any atom is 0.234 e. The van der Waals surface area contributed by atoms with Crippen LogP contribution in [0.25, 0.3) is 0 Å². The smallest absolute Gasteiger partial charge is 0.234 e. The van der Waals surface area contributed by atoms with Crippen molar-refractivity contribution in [2.75, 3.05) is 26.2 Å². The van der Waals surface area contributed by atoms with Crippen LogP contribution in [0.4, 0.5) is 0 Å². The predicted octanol–water partition coefficient (Wildman–Crippen LogP) is 1.07. The lowest BCUT2D eigenvalue weighted by atomic mass is 10.1. The lowest BCUT2D eigenvalue weighted by Gasteiger charge is -2.16. The van der Waals surface area contributed by atoms with Gasteiger partial charge in [-0.1, -0.05) is 29.8 Å². The van der Waals surface area contributed by atoms with Crippen molar-refractivity contribution in [1.29, 1.82) is 0 Å². The minimum atomic E-state index is 0.00866. The van der Waals surface area contributed by atoms with Crippen molar-refractivity contribution < 1.29 is 9.59 Å². The van der Waals surface area contributed by atoms with Crippen LogP contribution >= 0.6 is 0 Å². The van der Waals surface area contributed by atoms with Gasteiger partial charge in [0.25, 0.3) is 0 Å². The number of likely N-dealkylation sites (tertiary alicyclic amines) is 1. The Morgan fingerprint density at radius 1 is 1.32 bits per heavy atom. The molecule has 2 rings (SSSR count). The van der Waals surface area contributed by atoms with Crippen molar-refractivity contribution in [3.05, 3.63) is 35.4 Å². The number of amides is 2. The summed E-state index contributed by atoms with van der Waals surface area (Å²) in [5.41, 5.74) is 2.32. The molecule has 1 heterocycles. The molecule has 1 atom stereocenters. The van der Waals surface area contributed by atoms with E-state index in [1.54, 1.807) is 0 Å². The first kappa shape index (κ1) is 16.5. The molecule has 1 fully saturated rings. The van der Waals surface area contributed by atoms with Gasteiger partial charge in [-0.3, -0.25) is 14.5 Å². The quantitative estimate of drug-likeness (QED) is 0.826. The largest absolute Gasteiger partial charge is 0.356 e. The van der Waals surface area contributed by atoms with Crippen LogP contribution in [-0.2, 0) is 16.1 Å². The van der Waals surface area contributed by atoms with E-state index in [2.05, 4.69) is 21.6 Å². The number of nitrogens with zero attached hydrogens (tertiary/aromatic N) is 1. The Kier molecular flexibility index (Phi) is 5.95. The highest BCUT2D eigenvalue weighted by Gasteiger charge is 2.23. The Labute approximate surface area is 132 Å². The molecule has 2 N–H and O–H groups in total. The van der Waals surface area contributed by atoms with E-state index in [0.29, 0.717) is 25.6 Å². The third-order valence-electron chi connectivity index (χ3n) is 3.95. The van der Waals surface area contributed by atoms with Gasteiger partial charge in [0.2, 0.25) is 11.8 Å². The van der Waals surface area contributed by atoms with Gasteiger partial charge < -0.3 is 10.6 Å². The molecule has 5 nitrogen and oxygen atoms in total.